The predicted molar refractivity (Wildman–Crippen MR) is 70.1 cm³/mol. The van der Waals surface area contributed by atoms with Gasteiger partial charge in [-0.05, 0) is 12.8 Å². The molecule has 5 nitrogen and oxygen atoms in total. The SMILES string of the molecule is CCCO[Si]12OCCN(CCO1)CC(CCC)O2. The molecule has 2 bridgehead atoms. The van der Waals surface area contributed by atoms with Crippen LogP contribution in [0.2, 0.25) is 0 Å². The Morgan fingerprint density at radius 1 is 1.17 bits per heavy atom. The average molecular weight is 275 g/mol. The standard InChI is InChI=1S/C12H25NO4Si/c1-3-5-12-11-13-6-9-15-18(17-12,14-8-4-2)16-10-7-13/h12H,3-11H2,1-2H3. The van der Waals surface area contributed by atoms with Crippen LogP contribution in [0.1, 0.15) is 33.1 Å². The third-order valence-corrected chi connectivity index (χ3v) is 5.53. The Morgan fingerprint density at radius 2 is 1.89 bits per heavy atom. The van der Waals surface area contributed by atoms with Crippen molar-refractivity contribution in [3.8, 4) is 0 Å². The fourth-order valence-corrected chi connectivity index (χ4v) is 4.54. The van der Waals surface area contributed by atoms with Crippen molar-refractivity contribution in [3.05, 3.63) is 0 Å². The summed E-state index contributed by atoms with van der Waals surface area (Å²) in [5, 5.41) is 0. The average Bonchev–Trinajstić information content (AvgIpc) is 2.29. The first-order valence-corrected chi connectivity index (χ1v) is 8.73. The highest BCUT2D eigenvalue weighted by molar-refractivity contribution is 6.53. The van der Waals surface area contributed by atoms with E-state index >= 15 is 0 Å². The summed E-state index contributed by atoms with van der Waals surface area (Å²) in [5.41, 5.74) is 0. The van der Waals surface area contributed by atoms with E-state index in [9.17, 15) is 0 Å². The summed E-state index contributed by atoms with van der Waals surface area (Å²) < 4.78 is 23.7. The minimum Gasteiger partial charge on any atom is -0.351 e. The molecule has 0 radical (unpaired) electrons. The second kappa shape index (κ2) is 6.98. The molecule has 0 saturated carbocycles. The zero-order valence-corrected chi connectivity index (χ0v) is 12.5. The zero-order valence-electron chi connectivity index (χ0n) is 11.5. The Hall–Kier alpha value is 0.0169. The van der Waals surface area contributed by atoms with Crippen molar-refractivity contribution in [1.82, 2.24) is 4.90 Å². The van der Waals surface area contributed by atoms with Gasteiger partial charge < -0.3 is 17.7 Å². The van der Waals surface area contributed by atoms with Crippen molar-refractivity contribution in [1.29, 1.82) is 0 Å². The number of fused-ring (bicyclic) bond motifs is 6. The summed E-state index contributed by atoms with van der Waals surface area (Å²) in [6.45, 7) is 9.09. The van der Waals surface area contributed by atoms with Crippen LogP contribution >= 0.6 is 0 Å². The van der Waals surface area contributed by atoms with Gasteiger partial charge in [-0.15, -0.1) is 0 Å². The molecule has 0 amide bonds. The van der Waals surface area contributed by atoms with Gasteiger partial charge in [0.2, 0.25) is 0 Å². The first-order chi connectivity index (χ1) is 8.78. The summed E-state index contributed by atoms with van der Waals surface area (Å²) in [4.78, 5) is 2.36. The van der Waals surface area contributed by atoms with Crippen molar-refractivity contribution >= 4 is 9.05 Å². The number of hydrogen-bond donors (Lipinski definition) is 0. The van der Waals surface area contributed by atoms with Gasteiger partial charge in [-0.25, -0.2) is 0 Å². The molecule has 3 heterocycles. The Labute approximate surface area is 111 Å². The van der Waals surface area contributed by atoms with Crippen LogP contribution in [0.5, 0.6) is 0 Å². The van der Waals surface area contributed by atoms with E-state index in [-0.39, 0.29) is 6.10 Å². The second-order valence-electron chi connectivity index (χ2n) is 4.87. The predicted octanol–water partition coefficient (Wildman–Crippen LogP) is 1.40. The Bertz CT molecular complexity index is 239. The largest absolute Gasteiger partial charge is 0.680 e. The Balaban J connectivity index is 2.06. The molecule has 1 atom stereocenters. The van der Waals surface area contributed by atoms with Crippen LogP contribution in [-0.4, -0.2) is 59.5 Å². The van der Waals surface area contributed by atoms with Crippen LogP contribution < -0.4 is 0 Å². The van der Waals surface area contributed by atoms with Crippen LogP contribution in [0.15, 0.2) is 0 Å². The van der Waals surface area contributed by atoms with E-state index in [1.165, 1.54) is 0 Å². The first kappa shape index (κ1) is 14.4. The number of rotatable bonds is 5. The Kier molecular flexibility index (Phi) is 5.59. The van der Waals surface area contributed by atoms with Crippen LogP contribution in [0.4, 0.5) is 0 Å². The van der Waals surface area contributed by atoms with Gasteiger partial charge in [-0.2, -0.15) is 0 Å². The van der Waals surface area contributed by atoms with Crippen molar-refractivity contribution in [2.24, 2.45) is 0 Å². The molecule has 3 fully saturated rings. The summed E-state index contributed by atoms with van der Waals surface area (Å²) in [5.74, 6) is 0. The summed E-state index contributed by atoms with van der Waals surface area (Å²) in [6.07, 6.45) is 3.28. The van der Waals surface area contributed by atoms with E-state index in [0.29, 0.717) is 19.8 Å². The lowest BCUT2D eigenvalue weighted by Gasteiger charge is -2.40. The van der Waals surface area contributed by atoms with E-state index in [4.69, 9.17) is 17.7 Å². The van der Waals surface area contributed by atoms with Gasteiger partial charge in [-0.3, -0.25) is 4.90 Å². The third kappa shape index (κ3) is 3.75. The molecule has 3 aliphatic heterocycles. The van der Waals surface area contributed by atoms with Gasteiger partial charge in [0.15, 0.2) is 0 Å². The van der Waals surface area contributed by atoms with Crippen LogP contribution in [0.3, 0.4) is 0 Å². The molecular weight excluding hydrogens is 250 g/mol. The molecule has 6 heteroatoms. The molecule has 3 saturated heterocycles. The van der Waals surface area contributed by atoms with Gasteiger partial charge in [0, 0.05) is 26.2 Å². The van der Waals surface area contributed by atoms with Crippen LogP contribution in [0, 0.1) is 0 Å². The number of hydrogen-bond acceptors (Lipinski definition) is 5. The maximum Gasteiger partial charge on any atom is 0.680 e. The number of nitrogens with zero attached hydrogens (tertiary/aromatic N) is 1. The zero-order chi connectivity index (χ0) is 12.8. The molecule has 0 aromatic carbocycles. The molecule has 0 N–H and O–H groups in total. The van der Waals surface area contributed by atoms with Gasteiger partial charge in [-0.1, -0.05) is 20.3 Å². The highest BCUT2D eigenvalue weighted by Crippen LogP contribution is 2.22. The highest BCUT2D eigenvalue weighted by Gasteiger charge is 2.50. The lowest BCUT2D eigenvalue weighted by atomic mass is 10.2. The van der Waals surface area contributed by atoms with Gasteiger partial charge >= 0.3 is 9.05 Å². The van der Waals surface area contributed by atoms with Crippen molar-refractivity contribution in [3.63, 3.8) is 0 Å². The lowest BCUT2D eigenvalue weighted by molar-refractivity contribution is -0.100. The summed E-state index contributed by atoms with van der Waals surface area (Å²) >= 11 is 0. The van der Waals surface area contributed by atoms with E-state index in [2.05, 4.69) is 18.7 Å². The monoisotopic (exact) mass is 275 g/mol. The quantitative estimate of drug-likeness (QED) is 0.709. The van der Waals surface area contributed by atoms with Crippen LogP contribution in [-0.2, 0) is 17.7 Å². The normalized spacial score (nSPS) is 37.0. The molecule has 1 unspecified atom stereocenters. The van der Waals surface area contributed by atoms with Gasteiger partial charge in [0.05, 0.1) is 19.3 Å². The fraction of sp³-hybridized carbons (Fsp3) is 1.00. The second-order valence-corrected chi connectivity index (χ2v) is 6.98. The first-order valence-electron chi connectivity index (χ1n) is 7.10. The highest BCUT2D eigenvalue weighted by atomic mass is 28.4. The molecule has 0 aliphatic carbocycles. The molecular formula is C12H25NO4Si. The molecule has 106 valence electrons. The minimum atomic E-state index is -2.88. The summed E-state index contributed by atoms with van der Waals surface area (Å²) in [6, 6.07) is 0. The molecule has 3 rings (SSSR count). The Morgan fingerprint density at radius 3 is 2.50 bits per heavy atom. The maximum atomic E-state index is 6.12. The molecule has 0 aromatic heterocycles. The fourth-order valence-electron chi connectivity index (χ4n) is 2.35. The van der Waals surface area contributed by atoms with Gasteiger partial charge in [0.25, 0.3) is 0 Å². The van der Waals surface area contributed by atoms with Gasteiger partial charge in [0.1, 0.15) is 0 Å². The van der Waals surface area contributed by atoms with E-state index in [1.807, 2.05) is 0 Å². The third-order valence-electron chi connectivity index (χ3n) is 3.24. The van der Waals surface area contributed by atoms with E-state index in [1.54, 1.807) is 0 Å². The minimum absolute atomic E-state index is 0.180. The smallest absolute Gasteiger partial charge is 0.351 e. The topological polar surface area (TPSA) is 40.2 Å². The van der Waals surface area contributed by atoms with Crippen molar-refractivity contribution < 1.29 is 17.7 Å². The van der Waals surface area contributed by atoms with E-state index < -0.39 is 9.05 Å². The molecule has 18 heavy (non-hydrogen) atoms. The summed E-state index contributed by atoms with van der Waals surface area (Å²) in [7, 11) is -2.88. The molecule has 3 aliphatic rings. The molecule has 0 spiro atoms. The van der Waals surface area contributed by atoms with Crippen molar-refractivity contribution in [2.45, 2.75) is 39.2 Å². The molecule has 0 aromatic rings. The lowest BCUT2D eigenvalue weighted by Crippen LogP contribution is -2.59. The maximum absolute atomic E-state index is 6.12. The van der Waals surface area contributed by atoms with Crippen molar-refractivity contribution in [2.75, 3.05) is 39.5 Å². The van der Waals surface area contributed by atoms with Crippen LogP contribution in [0.25, 0.3) is 0 Å². The van der Waals surface area contributed by atoms with E-state index in [0.717, 1.165) is 38.9 Å².